The molecule has 0 aliphatic carbocycles. The van der Waals surface area contributed by atoms with Crippen LogP contribution in [0.15, 0.2) is 36.4 Å². The van der Waals surface area contributed by atoms with Crippen LogP contribution in [0.25, 0.3) is 0 Å². The molecule has 7 heteroatoms. The number of benzene rings is 2. The lowest BCUT2D eigenvalue weighted by molar-refractivity contribution is -0.123. The van der Waals surface area contributed by atoms with E-state index in [2.05, 4.69) is 5.32 Å². The lowest BCUT2D eigenvalue weighted by Gasteiger charge is -2.12. The van der Waals surface area contributed by atoms with Crippen molar-refractivity contribution >= 4 is 29.1 Å². The maximum absolute atomic E-state index is 12.0. The largest absolute Gasteiger partial charge is 0.493 e. The van der Waals surface area contributed by atoms with Gasteiger partial charge in [0.15, 0.2) is 18.1 Å². The number of hydrogen-bond acceptors (Lipinski definition) is 4. The van der Waals surface area contributed by atoms with Gasteiger partial charge in [0.2, 0.25) is 0 Å². The first kappa shape index (κ1) is 20.2. The van der Waals surface area contributed by atoms with E-state index in [1.165, 1.54) is 0 Å². The first-order valence-corrected chi connectivity index (χ1v) is 8.93. The van der Waals surface area contributed by atoms with Gasteiger partial charge in [-0.3, -0.25) is 4.79 Å². The Balaban J connectivity index is 1.86. The van der Waals surface area contributed by atoms with E-state index < -0.39 is 0 Å². The molecule has 0 radical (unpaired) electrons. The van der Waals surface area contributed by atoms with Crippen LogP contribution < -0.4 is 19.5 Å². The van der Waals surface area contributed by atoms with Gasteiger partial charge in [-0.2, -0.15) is 0 Å². The van der Waals surface area contributed by atoms with Crippen molar-refractivity contribution in [3.63, 3.8) is 0 Å². The average molecular weight is 398 g/mol. The third-order valence-electron chi connectivity index (χ3n) is 3.43. The van der Waals surface area contributed by atoms with E-state index in [0.717, 1.165) is 12.0 Å². The van der Waals surface area contributed by atoms with Crippen molar-refractivity contribution in [3.8, 4) is 17.2 Å². The third kappa shape index (κ3) is 6.00. The molecule has 0 fully saturated rings. The molecule has 0 aromatic heterocycles. The van der Waals surface area contributed by atoms with Crippen LogP contribution in [0, 0.1) is 0 Å². The van der Waals surface area contributed by atoms with Gasteiger partial charge in [-0.25, -0.2) is 0 Å². The Hall–Kier alpha value is -2.11. The molecule has 2 aromatic carbocycles. The second kappa shape index (κ2) is 10.1. The van der Waals surface area contributed by atoms with Crippen molar-refractivity contribution in [1.82, 2.24) is 5.32 Å². The van der Waals surface area contributed by atoms with Crippen LogP contribution in [-0.4, -0.2) is 26.2 Å². The minimum absolute atomic E-state index is 0.143. The molecule has 0 spiro atoms. The molecule has 0 bridgehead atoms. The molecule has 1 N–H and O–H groups in total. The van der Waals surface area contributed by atoms with Crippen LogP contribution in [0.2, 0.25) is 10.0 Å². The average Bonchev–Trinajstić information content (AvgIpc) is 2.64. The first-order chi connectivity index (χ1) is 12.5. The van der Waals surface area contributed by atoms with Gasteiger partial charge >= 0.3 is 0 Å². The molecule has 0 atom stereocenters. The zero-order valence-electron chi connectivity index (χ0n) is 14.7. The zero-order valence-corrected chi connectivity index (χ0v) is 16.2. The Morgan fingerprint density at radius 3 is 2.50 bits per heavy atom. The highest BCUT2D eigenvalue weighted by atomic mass is 35.5. The minimum Gasteiger partial charge on any atom is -0.493 e. The van der Waals surface area contributed by atoms with Crippen molar-refractivity contribution in [1.29, 1.82) is 0 Å². The van der Waals surface area contributed by atoms with E-state index in [0.29, 0.717) is 40.4 Å². The van der Waals surface area contributed by atoms with Gasteiger partial charge in [0.05, 0.1) is 18.7 Å². The Morgan fingerprint density at radius 2 is 1.81 bits per heavy atom. The SMILES string of the molecule is CCCOc1ccc(CNC(=O)COc2ccc(Cl)cc2Cl)cc1OC. The zero-order chi connectivity index (χ0) is 18.9. The van der Waals surface area contributed by atoms with Gasteiger partial charge in [-0.1, -0.05) is 36.2 Å². The van der Waals surface area contributed by atoms with Gasteiger partial charge in [-0.05, 0) is 42.3 Å². The molecule has 0 aliphatic heterocycles. The Morgan fingerprint density at radius 1 is 1.04 bits per heavy atom. The summed E-state index contributed by atoms with van der Waals surface area (Å²) in [6.07, 6.45) is 0.915. The second-order valence-electron chi connectivity index (χ2n) is 5.47. The fourth-order valence-electron chi connectivity index (χ4n) is 2.14. The molecule has 140 valence electrons. The van der Waals surface area contributed by atoms with Crippen LogP contribution in [0.1, 0.15) is 18.9 Å². The molecular formula is C19H21Cl2NO4. The topological polar surface area (TPSA) is 56.8 Å². The van der Waals surface area contributed by atoms with E-state index in [1.54, 1.807) is 25.3 Å². The van der Waals surface area contributed by atoms with Gasteiger partial charge in [-0.15, -0.1) is 0 Å². The normalized spacial score (nSPS) is 10.3. The van der Waals surface area contributed by atoms with E-state index in [-0.39, 0.29) is 12.5 Å². The predicted octanol–water partition coefficient (Wildman–Crippen LogP) is 4.49. The summed E-state index contributed by atoms with van der Waals surface area (Å²) in [7, 11) is 1.58. The van der Waals surface area contributed by atoms with Crippen LogP contribution in [0.3, 0.4) is 0 Å². The van der Waals surface area contributed by atoms with Gasteiger partial charge < -0.3 is 19.5 Å². The number of amides is 1. The molecule has 26 heavy (non-hydrogen) atoms. The molecular weight excluding hydrogens is 377 g/mol. The van der Waals surface area contributed by atoms with Gasteiger partial charge in [0.25, 0.3) is 5.91 Å². The number of hydrogen-bond donors (Lipinski definition) is 1. The summed E-state index contributed by atoms with van der Waals surface area (Å²) in [5, 5.41) is 3.65. The Labute approximate surface area is 163 Å². The van der Waals surface area contributed by atoms with E-state index in [4.69, 9.17) is 37.4 Å². The van der Waals surface area contributed by atoms with Gasteiger partial charge in [0.1, 0.15) is 5.75 Å². The van der Waals surface area contributed by atoms with Gasteiger partial charge in [0, 0.05) is 11.6 Å². The standard InChI is InChI=1S/C19H21Cl2NO4/c1-3-8-25-17-6-4-13(9-18(17)24-2)11-22-19(23)12-26-16-7-5-14(20)10-15(16)21/h4-7,9-10H,3,8,11-12H2,1-2H3,(H,22,23). The highest BCUT2D eigenvalue weighted by Gasteiger charge is 2.09. The predicted molar refractivity (Wildman–Crippen MR) is 103 cm³/mol. The molecule has 0 unspecified atom stereocenters. The molecule has 2 rings (SSSR count). The highest BCUT2D eigenvalue weighted by molar-refractivity contribution is 6.35. The number of methoxy groups -OCH3 is 1. The number of rotatable bonds is 9. The molecule has 1 amide bonds. The molecule has 0 saturated carbocycles. The maximum Gasteiger partial charge on any atom is 0.258 e. The van der Waals surface area contributed by atoms with Crippen LogP contribution in [0.4, 0.5) is 0 Å². The third-order valence-corrected chi connectivity index (χ3v) is 3.96. The molecule has 0 saturated heterocycles. The monoisotopic (exact) mass is 397 g/mol. The summed E-state index contributed by atoms with van der Waals surface area (Å²) in [6, 6.07) is 10.4. The number of carbonyl (C=O) groups is 1. The number of ether oxygens (including phenoxy) is 3. The van der Waals surface area contributed by atoms with Crippen LogP contribution in [-0.2, 0) is 11.3 Å². The molecule has 0 aliphatic rings. The maximum atomic E-state index is 12.0. The lowest BCUT2D eigenvalue weighted by atomic mass is 10.2. The highest BCUT2D eigenvalue weighted by Crippen LogP contribution is 2.28. The van der Waals surface area contributed by atoms with Crippen molar-refractivity contribution in [2.24, 2.45) is 0 Å². The van der Waals surface area contributed by atoms with Crippen LogP contribution in [0.5, 0.6) is 17.2 Å². The first-order valence-electron chi connectivity index (χ1n) is 8.17. The van der Waals surface area contributed by atoms with Crippen molar-refractivity contribution in [2.75, 3.05) is 20.3 Å². The molecule has 5 nitrogen and oxygen atoms in total. The van der Waals surface area contributed by atoms with Crippen molar-refractivity contribution in [3.05, 3.63) is 52.0 Å². The molecule has 0 heterocycles. The van der Waals surface area contributed by atoms with E-state index in [9.17, 15) is 4.79 Å². The number of carbonyl (C=O) groups excluding carboxylic acids is 1. The van der Waals surface area contributed by atoms with Crippen molar-refractivity contribution in [2.45, 2.75) is 19.9 Å². The summed E-state index contributed by atoms with van der Waals surface area (Å²) >= 11 is 11.8. The number of halogens is 2. The summed E-state index contributed by atoms with van der Waals surface area (Å²) in [6.45, 7) is 2.86. The summed E-state index contributed by atoms with van der Waals surface area (Å²) < 4.78 is 16.3. The minimum atomic E-state index is -0.263. The summed E-state index contributed by atoms with van der Waals surface area (Å²) in [5.74, 6) is 1.46. The van der Waals surface area contributed by atoms with E-state index in [1.807, 2.05) is 25.1 Å². The Bertz CT molecular complexity index is 752. The lowest BCUT2D eigenvalue weighted by Crippen LogP contribution is -2.28. The molecule has 2 aromatic rings. The summed E-state index contributed by atoms with van der Waals surface area (Å²) in [4.78, 5) is 12.0. The smallest absolute Gasteiger partial charge is 0.258 e. The van der Waals surface area contributed by atoms with Crippen LogP contribution >= 0.6 is 23.2 Å². The van der Waals surface area contributed by atoms with E-state index >= 15 is 0 Å². The Kier molecular flexibility index (Phi) is 7.88. The van der Waals surface area contributed by atoms with Crippen molar-refractivity contribution < 1.29 is 19.0 Å². The fourth-order valence-corrected chi connectivity index (χ4v) is 2.60. The second-order valence-corrected chi connectivity index (χ2v) is 6.32. The summed E-state index contributed by atoms with van der Waals surface area (Å²) in [5.41, 5.74) is 0.892. The fraction of sp³-hybridized carbons (Fsp3) is 0.316. The quantitative estimate of drug-likeness (QED) is 0.677. The number of nitrogens with one attached hydrogen (secondary N) is 1.